The van der Waals surface area contributed by atoms with Gasteiger partial charge in [-0.2, -0.15) is 0 Å². The zero-order valence-corrected chi connectivity index (χ0v) is 13.3. The fourth-order valence-electron chi connectivity index (χ4n) is 2.07. The fraction of sp³-hybridized carbons (Fsp3) is 0.400. The lowest BCUT2D eigenvalue weighted by Gasteiger charge is -2.15. The van der Waals surface area contributed by atoms with Crippen LogP contribution in [0.2, 0.25) is 0 Å². The first-order valence-electron chi connectivity index (χ1n) is 7.07. The Morgan fingerprint density at radius 3 is 2.76 bits per heavy atom. The average Bonchev–Trinajstić information content (AvgIpc) is 2.45. The third-order valence-electron chi connectivity index (χ3n) is 3.04. The molecule has 21 heavy (non-hydrogen) atoms. The van der Waals surface area contributed by atoms with Crippen molar-refractivity contribution in [3.05, 3.63) is 46.1 Å². The first-order chi connectivity index (χ1) is 10.1. The van der Waals surface area contributed by atoms with Crippen molar-refractivity contribution in [1.29, 1.82) is 0 Å². The quantitative estimate of drug-likeness (QED) is 0.803. The van der Waals surface area contributed by atoms with E-state index in [2.05, 4.69) is 34.1 Å². The van der Waals surface area contributed by atoms with Crippen molar-refractivity contribution in [3.8, 4) is 0 Å². The Labute approximate surface area is 128 Å². The Kier molecular flexibility index (Phi) is 5.52. The number of pyridine rings is 1. The molecule has 0 aliphatic carbocycles. The number of nitrogens with zero attached hydrogens (tertiary/aromatic N) is 2. The molecule has 0 bridgehead atoms. The van der Waals surface area contributed by atoms with Gasteiger partial charge in [-0.15, -0.1) is 0 Å². The van der Waals surface area contributed by atoms with Gasteiger partial charge in [-0.3, -0.25) is 9.78 Å². The molecule has 0 radical (unpaired) electrons. The lowest BCUT2D eigenvalue weighted by atomic mass is 10.1. The lowest BCUT2D eigenvalue weighted by Crippen LogP contribution is -2.20. The van der Waals surface area contributed by atoms with Gasteiger partial charge in [0.15, 0.2) is 5.16 Å². The molecule has 0 aliphatic heterocycles. The van der Waals surface area contributed by atoms with Crippen molar-refractivity contribution in [3.63, 3.8) is 0 Å². The van der Waals surface area contributed by atoms with E-state index in [0.717, 1.165) is 23.6 Å². The summed E-state index contributed by atoms with van der Waals surface area (Å²) >= 11 is 1.41. The largest absolute Gasteiger partial charge is 0.309 e. The second kappa shape index (κ2) is 7.38. The van der Waals surface area contributed by atoms with Gasteiger partial charge in [-0.1, -0.05) is 25.6 Å². The fourth-order valence-corrected chi connectivity index (χ4v) is 2.88. The summed E-state index contributed by atoms with van der Waals surface area (Å²) in [5.74, 6) is 0. The molecule has 2 aromatic rings. The van der Waals surface area contributed by atoms with Gasteiger partial charge in [0.1, 0.15) is 0 Å². The summed E-state index contributed by atoms with van der Waals surface area (Å²) in [5.41, 5.74) is 1.62. The second-order valence-corrected chi connectivity index (χ2v) is 5.79. The van der Waals surface area contributed by atoms with Gasteiger partial charge >= 0.3 is 0 Å². The molecule has 0 fully saturated rings. The number of aryl methyl sites for hydroxylation is 1. The van der Waals surface area contributed by atoms with Gasteiger partial charge in [0, 0.05) is 28.9 Å². The van der Waals surface area contributed by atoms with Crippen molar-refractivity contribution in [1.82, 2.24) is 20.3 Å². The molecule has 2 N–H and O–H groups in total. The van der Waals surface area contributed by atoms with Crippen molar-refractivity contribution < 1.29 is 0 Å². The Balaban J connectivity index is 2.13. The number of hydrogen-bond acceptors (Lipinski definition) is 5. The van der Waals surface area contributed by atoms with E-state index in [1.807, 2.05) is 25.3 Å². The zero-order valence-electron chi connectivity index (χ0n) is 12.5. The molecule has 2 heterocycles. The van der Waals surface area contributed by atoms with E-state index in [4.69, 9.17) is 0 Å². The van der Waals surface area contributed by atoms with Crippen molar-refractivity contribution in [2.24, 2.45) is 0 Å². The van der Waals surface area contributed by atoms with E-state index >= 15 is 0 Å². The molecule has 5 nitrogen and oxygen atoms in total. The number of aromatic amines is 1. The minimum atomic E-state index is -0.132. The first kappa shape index (κ1) is 15.7. The molecule has 0 spiro atoms. The van der Waals surface area contributed by atoms with E-state index in [9.17, 15) is 4.79 Å². The maximum Gasteiger partial charge on any atom is 0.251 e. The molecular formula is C15H20N4OS. The van der Waals surface area contributed by atoms with Crippen LogP contribution in [-0.2, 0) is 0 Å². The third-order valence-corrected chi connectivity index (χ3v) is 3.90. The molecule has 0 amide bonds. The van der Waals surface area contributed by atoms with E-state index in [1.54, 1.807) is 0 Å². The maximum atomic E-state index is 11.4. The van der Waals surface area contributed by atoms with Gasteiger partial charge in [0.05, 0.1) is 5.69 Å². The summed E-state index contributed by atoms with van der Waals surface area (Å²) < 4.78 is 0. The highest BCUT2D eigenvalue weighted by atomic mass is 32.2. The molecule has 1 unspecified atom stereocenters. The number of aromatic nitrogens is 3. The van der Waals surface area contributed by atoms with Crippen LogP contribution in [0.3, 0.4) is 0 Å². The summed E-state index contributed by atoms with van der Waals surface area (Å²) in [5, 5.41) is 3.99. The lowest BCUT2D eigenvalue weighted by molar-refractivity contribution is 0.524. The maximum absolute atomic E-state index is 11.4. The van der Waals surface area contributed by atoms with Gasteiger partial charge in [0.25, 0.3) is 5.56 Å². The third kappa shape index (κ3) is 4.41. The van der Waals surface area contributed by atoms with Crippen LogP contribution in [0.5, 0.6) is 0 Å². The predicted octanol–water partition coefficient (Wildman–Crippen LogP) is 2.69. The van der Waals surface area contributed by atoms with E-state index < -0.39 is 0 Å². The Hall–Kier alpha value is -1.66. The minimum absolute atomic E-state index is 0.132. The van der Waals surface area contributed by atoms with Crippen LogP contribution in [0, 0.1) is 6.92 Å². The molecule has 2 aromatic heterocycles. The van der Waals surface area contributed by atoms with Crippen LogP contribution in [-0.4, -0.2) is 21.5 Å². The topological polar surface area (TPSA) is 70.7 Å². The van der Waals surface area contributed by atoms with E-state index in [1.165, 1.54) is 17.8 Å². The van der Waals surface area contributed by atoms with E-state index in [-0.39, 0.29) is 11.6 Å². The van der Waals surface area contributed by atoms with Crippen molar-refractivity contribution in [2.75, 3.05) is 6.54 Å². The average molecular weight is 304 g/mol. The minimum Gasteiger partial charge on any atom is -0.309 e. The van der Waals surface area contributed by atoms with Crippen molar-refractivity contribution in [2.45, 2.75) is 43.3 Å². The summed E-state index contributed by atoms with van der Waals surface area (Å²) in [4.78, 5) is 23.9. The number of hydrogen-bond donors (Lipinski definition) is 2. The Morgan fingerprint density at radius 2 is 2.19 bits per heavy atom. The van der Waals surface area contributed by atoms with E-state index in [0.29, 0.717) is 10.9 Å². The summed E-state index contributed by atoms with van der Waals surface area (Å²) in [7, 11) is 0. The van der Waals surface area contributed by atoms with Crippen LogP contribution in [0.4, 0.5) is 0 Å². The summed E-state index contributed by atoms with van der Waals surface area (Å²) in [6.07, 6.45) is 2.82. The van der Waals surface area contributed by atoms with Crippen LogP contribution in [0.1, 0.15) is 37.7 Å². The summed E-state index contributed by atoms with van der Waals surface area (Å²) in [6, 6.07) is 5.79. The predicted molar refractivity (Wildman–Crippen MR) is 84.7 cm³/mol. The molecule has 0 saturated carbocycles. The highest BCUT2D eigenvalue weighted by Gasteiger charge is 2.09. The van der Waals surface area contributed by atoms with Gasteiger partial charge in [0.2, 0.25) is 0 Å². The molecule has 2 rings (SSSR count). The molecular weight excluding hydrogens is 284 g/mol. The Bertz CT molecular complexity index is 639. The first-order valence-corrected chi connectivity index (χ1v) is 7.89. The zero-order chi connectivity index (χ0) is 15.2. The van der Waals surface area contributed by atoms with Gasteiger partial charge in [-0.25, -0.2) is 4.98 Å². The van der Waals surface area contributed by atoms with Crippen LogP contribution in [0.25, 0.3) is 0 Å². The molecule has 0 aliphatic rings. The number of nitrogens with one attached hydrogen (secondary N) is 2. The highest BCUT2D eigenvalue weighted by Crippen LogP contribution is 2.24. The normalized spacial score (nSPS) is 12.3. The van der Waals surface area contributed by atoms with Crippen LogP contribution in [0.15, 0.2) is 39.2 Å². The molecule has 0 saturated heterocycles. The standard InChI is InChI=1S/C15H20N4OS/c1-4-12(16-5-2)13-7-6-11(9-17-13)21-15-18-10(3)8-14(20)19-15/h6-9,12,16H,4-5H2,1-3H3,(H,18,19,20). The Morgan fingerprint density at radius 1 is 1.38 bits per heavy atom. The van der Waals surface area contributed by atoms with Gasteiger partial charge < -0.3 is 10.3 Å². The highest BCUT2D eigenvalue weighted by molar-refractivity contribution is 7.99. The number of rotatable bonds is 6. The second-order valence-electron chi connectivity index (χ2n) is 4.73. The molecule has 6 heteroatoms. The molecule has 112 valence electrons. The number of H-pyrrole nitrogens is 1. The van der Waals surface area contributed by atoms with Crippen LogP contribution >= 0.6 is 11.8 Å². The SMILES string of the molecule is CCNC(CC)c1ccc(Sc2nc(C)cc(=O)[nH]2)cn1. The van der Waals surface area contributed by atoms with Crippen molar-refractivity contribution >= 4 is 11.8 Å². The van der Waals surface area contributed by atoms with Gasteiger partial charge in [-0.05, 0) is 32.0 Å². The molecule has 0 aromatic carbocycles. The monoisotopic (exact) mass is 304 g/mol. The smallest absolute Gasteiger partial charge is 0.251 e. The molecule has 1 atom stereocenters. The van der Waals surface area contributed by atoms with Crippen LogP contribution < -0.4 is 10.9 Å². The summed E-state index contributed by atoms with van der Waals surface area (Å²) in [6.45, 7) is 6.96.